The minimum atomic E-state index is -0.212. The van der Waals surface area contributed by atoms with Crippen LogP contribution in [-0.2, 0) is 52.4 Å². The number of cyclic esters (lactones) is 4. The molecule has 145 heavy (non-hydrogen) atoms. The van der Waals surface area contributed by atoms with Gasteiger partial charge in [0.05, 0.1) is 48.3 Å². The van der Waals surface area contributed by atoms with Crippen LogP contribution in [0.2, 0.25) is 0 Å². The van der Waals surface area contributed by atoms with Crippen molar-refractivity contribution in [3.05, 3.63) is 251 Å². The van der Waals surface area contributed by atoms with E-state index in [1.54, 1.807) is 21.6 Å². The fraction of sp³-hybridized carbons (Fsp3) is 0.548. The van der Waals surface area contributed by atoms with E-state index in [0.717, 1.165) is 61.5 Å². The maximum Gasteiger partial charge on any atom is 0.411 e. The van der Waals surface area contributed by atoms with E-state index in [1.807, 2.05) is 187 Å². The number of carbonyl (C=O) groups excluding carboxylic acids is 4. The quantitative estimate of drug-likeness (QED) is 0.0438. The lowest BCUT2D eigenvalue weighted by molar-refractivity contribution is 0.128. The molecule has 0 radical (unpaired) electrons. The number of amides is 4. The smallest absolute Gasteiger partial charge is 0.411 e. The van der Waals surface area contributed by atoms with Crippen molar-refractivity contribution in [2.45, 2.75) is 333 Å². The minimum Gasteiger partial charge on any atom is -0.469 e. The second kappa shape index (κ2) is 60.3. The minimum absolute atomic E-state index is 0.0682. The van der Waals surface area contributed by atoms with Crippen molar-refractivity contribution >= 4 is 161 Å². The standard InChI is InChI=1S/2C13H17NO2.C13H17NOS.C13H17NS2.C12H15NO2.C12H15NOS.C12H15NS2.C9H17NO2.C9H17NOS.C9H17NS2/c1-9(2)14-10(3)12(16-13(14)15)11-7-5-4-6-8-11;1-10(2)14-12(9-16-13(14)15)8-11-6-4-3-5-7-11;1-10(2)14-12(9-15-13(14)16)8-11-6-4-3-5-7-11;1-10(2)14-12(9-16-13(14)15)8-11-6-4-3-5-7-11;1-9(2)13-11(8-15-12(13)14)10-6-4-3-5-7-10;1-9(2)13-11(8-14-12(13)15)10-6-4-3-5-7-10;1-9(2)13-11(8-15-12(13)14)10-6-4-3-5-7-10;1-6(2)8-5-12-9(11)10(8)7(3)4;1-6(2)8-5-11-9(12)10(8)7(3)4;1-6(2)8-5-12-9(11)10(8)7(3)4/h4-10,12H,1-3H3;3*3-7,10,12H,8-9H2,1-2H3;3*3-7,9,11H,8H2,1-2H3;3*6-8H,5H2,1-4H3/t10-,12-;3*12-;3*11-;;;8-/m0000111..1/s1. The van der Waals surface area contributed by atoms with Crippen molar-refractivity contribution in [2.24, 2.45) is 17.8 Å². The Hall–Kier alpha value is -8.59. The SMILES string of the molecule is CC(C)C1COC(=O)N1C(C)C.CC(C)C1COC(=S)N1C(C)C.CC(C)N1C(=O)OC[C@@H]1Cc1ccccc1.CC(C)N1C(=O)OC[C@@H]1c1ccccc1.CC(C)N1C(=O)O[C@H](c2ccccc2)[C@@H]1C.CC(C)N1C(=S)OC[C@@H]1Cc1ccccc1.CC(C)N1C(=S)OC[C@@H]1c1ccccc1.CC(C)N1C(=S)SC[C@@H]1Cc1ccccc1.CC(C)N1C(=S)SC[C@@H]1c1ccccc1.CC(C)[C@H]1CSC(=S)N1C(C)C. The summed E-state index contributed by atoms with van der Waals surface area (Å²) >= 11 is 37.1. The summed E-state index contributed by atoms with van der Waals surface area (Å²) in [6, 6.07) is 79.3. The van der Waals surface area contributed by atoms with Gasteiger partial charge in [0, 0.05) is 89.8 Å². The van der Waals surface area contributed by atoms with Crippen LogP contribution < -0.4 is 0 Å². The molecule has 0 saturated carbocycles. The molecule has 30 heteroatoms. The van der Waals surface area contributed by atoms with E-state index in [2.05, 4.69) is 275 Å². The van der Waals surface area contributed by atoms with Gasteiger partial charge in [-0.25, -0.2) is 19.2 Å². The third-order valence-electron chi connectivity index (χ3n) is 26.4. The number of thioether (sulfide) groups is 3. The van der Waals surface area contributed by atoms with Crippen molar-refractivity contribution in [3.63, 3.8) is 0 Å². The average Bonchev–Trinajstić information content (AvgIpc) is 1.67. The van der Waals surface area contributed by atoms with Crippen molar-refractivity contribution in [3.8, 4) is 0 Å². The molecule has 794 valence electrons. The van der Waals surface area contributed by atoms with Crippen molar-refractivity contribution < 1.29 is 52.3 Å². The summed E-state index contributed by atoms with van der Waals surface area (Å²) in [5, 5.41) is 1.94. The molecule has 10 aliphatic rings. The predicted molar refractivity (Wildman–Crippen MR) is 625 cm³/mol. The molecule has 11 atom stereocenters. The molecular weight excluding hydrogens is 1990 g/mol. The van der Waals surface area contributed by atoms with Gasteiger partial charge in [0.2, 0.25) is 0 Å². The van der Waals surface area contributed by atoms with Gasteiger partial charge in [0.15, 0.2) is 0 Å². The van der Waals surface area contributed by atoms with Crippen molar-refractivity contribution in [2.75, 3.05) is 56.9 Å². The Morgan fingerprint density at radius 1 is 0.255 bits per heavy atom. The Kier molecular flexibility index (Phi) is 50.6. The van der Waals surface area contributed by atoms with E-state index in [-0.39, 0.29) is 84.9 Å². The molecule has 0 bridgehead atoms. The second-order valence-corrected chi connectivity index (χ2v) is 47.4. The molecule has 2 unspecified atom stereocenters. The van der Waals surface area contributed by atoms with Crippen LogP contribution in [0.5, 0.6) is 0 Å². The third kappa shape index (κ3) is 35.5. The van der Waals surface area contributed by atoms with E-state index in [9.17, 15) is 19.2 Å². The normalized spacial score (nSPS) is 22.1. The number of nitrogens with zero attached hydrogens (tertiary/aromatic N) is 10. The summed E-state index contributed by atoms with van der Waals surface area (Å²) in [5.41, 5.74) is 8.83. The summed E-state index contributed by atoms with van der Waals surface area (Å²) in [5.74, 6) is 5.17. The van der Waals surface area contributed by atoms with Crippen LogP contribution in [0.3, 0.4) is 0 Å². The molecule has 0 aliphatic carbocycles. The predicted octanol–water partition coefficient (Wildman–Crippen LogP) is 26.9. The van der Waals surface area contributed by atoms with Crippen LogP contribution in [0, 0.1) is 17.8 Å². The molecule has 4 amide bonds. The van der Waals surface area contributed by atoms with Gasteiger partial charge in [-0.15, -0.1) is 0 Å². The van der Waals surface area contributed by atoms with Crippen LogP contribution in [0.4, 0.5) is 19.2 Å². The molecule has 7 aromatic carbocycles. The van der Waals surface area contributed by atoms with Crippen LogP contribution >= 0.6 is 109 Å². The monoisotopic (exact) mass is 2150 g/mol. The lowest BCUT2D eigenvalue weighted by atomic mass is 10.0. The summed E-state index contributed by atoms with van der Waals surface area (Å²) in [6.07, 6.45) is 2.06. The fourth-order valence-corrected chi connectivity index (χ4v) is 25.7. The first-order valence-electron chi connectivity index (χ1n) is 51.7. The number of carbonyl (C=O) groups is 4. The largest absolute Gasteiger partial charge is 0.469 e. The average molecular weight is 2150 g/mol. The Labute approximate surface area is 914 Å². The van der Waals surface area contributed by atoms with Crippen LogP contribution in [0.25, 0.3) is 0 Å². The van der Waals surface area contributed by atoms with Gasteiger partial charge in [0.25, 0.3) is 15.5 Å². The van der Waals surface area contributed by atoms with Gasteiger partial charge >= 0.3 is 24.4 Å². The van der Waals surface area contributed by atoms with E-state index >= 15 is 0 Å². The van der Waals surface area contributed by atoms with Crippen molar-refractivity contribution in [1.82, 2.24) is 49.0 Å². The molecule has 10 saturated heterocycles. The number of hydrogen-bond acceptors (Lipinski definition) is 20. The molecule has 10 heterocycles. The number of hydrogen-bond donors (Lipinski definition) is 0. The van der Waals surface area contributed by atoms with Gasteiger partial charge in [0.1, 0.15) is 58.7 Å². The summed E-state index contributed by atoms with van der Waals surface area (Å²) < 4.78 is 40.1. The van der Waals surface area contributed by atoms with E-state index < -0.39 is 0 Å². The van der Waals surface area contributed by atoms with Gasteiger partial charge in [-0.2, -0.15) is 0 Å². The second-order valence-electron chi connectivity index (χ2n) is 41.4. The molecular formula is C115H164N10O11S9. The molecule has 10 fully saturated rings. The van der Waals surface area contributed by atoms with Crippen LogP contribution in [0.1, 0.15) is 250 Å². The van der Waals surface area contributed by atoms with Gasteiger partial charge in [-0.1, -0.05) is 326 Å². The topological polar surface area (TPSA) is 165 Å². The highest BCUT2D eigenvalue weighted by Crippen LogP contribution is 2.40. The van der Waals surface area contributed by atoms with E-state index in [0.29, 0.717) is 133 Å². The highest BCUT2D eigenvalue weighted by atomic mass is 32.2. The Balaban J connectivity index is 0.000000197. The van der Waals surface area contributed by atoms with Gasteiger partial charge < -0.3 is 62.6 Å². The molecule has 17 rings (SSSR count). The lowest BCUT2D eigenvalue weighted by Crippen LogP contribution is -2.41. The zero-order chi connectivity index (χ0) is 107. The maximum absolute atomic E-state index is 11.7. The highest BCUT2D eigenvalue weighted by molar-refractivity contribution is 8.24. The zero-order valence-electron chi connectivity index (χ0n) is 90.7. The third-order valence-corrected chi connectivity index (χ3v) is 32.0. The Morgan fingerprint density at radius 2 is 0.545 bits per heavy atom. The number of benzene rings is 7. The number of rotatable bonds is 23. The maximum atomic E-state index is 11.7. The lowest BCUT2D eigenvalue weighted by Gasteiger charge is -2.31. The fourth-order valence-electron chi connectivity index (χ4n) is 19.2. The highest BCUT2D eigenvalue weighted by Gasteiger charge is 2.44. The summed E-state index contributed by atoms with van der Waals surface area (Å²) in [7, 11) is 0. The zero-order valence-corrected chi connectivity index (χ0v) is 98.0. The van der Waals surface area contributed by atoms with Gasteiger partial charge in [-0.3, -0.25) is 19.6 Å². The first-order chi connectivity index (χ1) is 68.9. The Morgan fingerprint density at radius 3 is 0.945 bits per heavy atom. The van der Waals surface area contributed by atoms with E-state index in [1.165, 1.54) is 33.6 Å². The molecule has 0 N–H and O–H groups in total. The van der Waals surface area contributed by atoms with Gasteiger partial charge in [-0.05, 0) is 258 Å². The van der Waals surface area contributed by atoms with Crippen LogP contribution in [0.15, 0.2) is 212 Å². The van der Waals surface area contributed by atoms with Crippen molar-refractivity contribution in [1.29, 1.82) is 0 Å². The molecule has 0 aromatic heterocycles. The summed E-state index contributed by atoms with van der Waals surface area (Å²) in [6.45, 7) is 61.1. The number of thiocarbonyl (C=S) groups is 6. The number of ether oxygens (including phenoxy) is 7. The molecule has 0 spiro atoms. The Bertz CT molecular complexity index is 4670. The molecule has 10 aliphatic heterocycles. The first-order valence-corrected chi connectivity index (χ1v) is 57.1. The summed E-state index contributed by atoms with van der Waals surface area (Å²) in [4.78, 5) is 66.9. The van der Waals surface area contributed by atoms with Crippen LogP contribution in [-0.4, -0.2) is 261 Å². The first kappa shape index (κ1) is 122. The molecule has 21 nitrogen and oxygen atoms in total. The molecule has 7 aromatic rings. The van der Waals surface area contributed by atoms with E-state index in [4.69, 9.17) is 106 Å².